The molecular weight excluding hydrogens is 186 g/mol. The maximum absolute atomic E-state index is 12.3. The molecule has 2 unspecified atom stereocenters. The van der Waals surface area contributed by atoms with E-state index in [1.165, 1.54) is 0 Å². The molecule has 0 saturated heterocycles. The summed E-state index contributed by atoms with van der Waals surface area (Å²) < 4.78 is 0. The molecule has 0 fully saturated rings. The average molecular weight is 205 g/mol. The molecule has 2 atom stereocenters. The Bertz CT molecular complexity index is 332. The van der Waals surface area contributed by atoms with Crippen LogP contribution in [0.1, 0.15) is 37.6 Å². The maximum Gasteiger partial charge on any atom is 0.170 e. The van der Waals surface area contributed by atoms with Crippen molar-refractivity contribution in [2.75, 3.05) is 0 Å². The Balaban J connectivity index is 3.03. The molecular formula is C13H19NO. The molecule has 1 aromatic rings. The van der Waals surface area contributed by atoms with E-state index in [0.29, 0.717) is 0 Å². The fraction of sp³-hybridized carbons (Fsp3) is 0.462. The molecule has 2 heteroatoms. The zero-order valence-electron chi connectivity index (χ0n) is 9.66. The number of rotatable bonds is 4. The highest BCUT2D eigenvalue weighted by molar-refractivity contribution is 6.00. The predicted molar refractivity (Wildman–Crippen MR) is 62.8 cm³/mol. The van der Waals surface area contributed by atoms with E-state index in [9.17, 15) is 4.79 Å². The van der Waals surface area contributed by atoms with Crippen molar-refractivity contribution in [3.8, 4) is 0 Å². The number of carbonyl (C=O) groups excluding carboxylic acids is 1. The Labute approximate surface area is 91.5 Å². The number of hydrogen-bond donors (Lipinski definition) is 1. The van der Waals surface area contributed by atoms with Gasteiger partial charge < -0.3 is 5.73 Å². The third-order valence-corrected chi connectivity index (χ3v) is 3.29. The molecule has 0 aliphatic heterocycles. The first-order valence-corrected chi connectivity index (χ1v) is 5.37. The quantitative estimate of drug-likeness (QED) is 0.768. The van der Waals surface area contributed by atoms with E-state index in [-0.39, 0.29) is 11.8 Å². The van der Waals surface area contributed by atoms with Crippen LogP contribution in [0.3, 0.4) is 0 Å². The SMILES string of the molecule is CCC(C)(C(=O)c1ccccc1)C(C)N. The van der Waals surface area contributed by atoms with Crippen LogP contribution in [0.15, 0.2) is 30.3 Å². The average Bonchev–Trinajstić information content (AvgIpc) is 2.28. The summed E-state index contributed by atoms with van der Waals surface area (Å²) in [5, 5.41) is 0. The van der Waals surface area contributed by atoms with Crippen molar-refractivity contribution < 1.29 is 4.79 Å². The van der Waals surface area contributed by atoms with Gasteiger partial charge in [-0.15, -0.1) is 0 Å². The normalized spacial score (nSPS) is 16.8. The lowest BCUT2D eigenvalue weighted by Gasteiger charge is -2.30. The number of ketones is 1. The minimum Gasteiger partial charge on any atom is -0.327 e. The van der Waals surface area contributed by atoms with Crippen molar-refractivity contribution in [1.82, 2.24) is 0 Å². The third kappa shape index (κ3) is 2.26. The van der Waals surface area contributed by atoms with Crippen molar-refractivity contribution >= 4 is 5.78 Å². The van der Waals surface area contributed by atoms with E-state index in [1.807, 2.05) is 51.1 Å². The van der Waals surface area contributed by atoms with Crippen molar-refractivity contribution in [2.24, 2.45) is 11.1 Å². The number of nitrogens with two attached hydrogens (primary N) is 1. The number of benzene rings is 1. The summed E-state index contributed by atoms with van der Waals surface area (Å²) in [7, 11) is 0. The topological polar surface area (TPSA) is 43.1 Å². The first-order chi connectivity index (χ1) is 7.02. The lowest BCUT2D eigenvalue weighted by atomic mass is 9.75. The van der Waals surface area contributed by atoms with Gasteiger partial charge in [0.2, 0.25) is 0 Å². The zero-order valence-corrected chi connectivity index (χ0v) is 9.66. The standard InChI is InChI=1S/C13H19NO/c1-4-13(3,10(2)14)12(15)11-8-6-5-7-9-11/h5-10H,4,14H2,1-3H3. The Morgan fingerprint density at radius 2 is 1.93 bits per heavy atom. The van der Waals surface area contributed by atoms with Gasteiger partial charge in [0.25, 0.3) is 0 Å². The maximum atomic E-state index is 12.3. The Morgan fingerprint density at radius 3 is 2.33 bits per heavy atom. The molecule has 0 radical (unpaired) electrons. The Morgan fingerprint density at radius 1 is 1.40 bits per heavy atom. The highest BCUT2D eigenvalue weighted by atomic mass is 16.1. The van der Waals surface area contributed by atoms with Gasteiger partial charge in [-0.1, -0.05) is 44.2 Å². The highest BCUT2D eigenvalue weighted by Crippen LogP contribution is 2.29. The van der Waals surface area contributed by atoms with E-state index >= 15 is 0 Å². The van der Waals surface area contributed by atoms with Gasteiger partial charge >= 0.3 is 0 Å². The molecule has 2 N–H and O–H groups in total. The molecule has 82 valence electrons. The predicted octanol–water partition coefficient (Wildman–Crippen LogP) is 2.63. The highest BCUT2D eigenvalue weighted by Gasteiger charge is 2.35. The fourth-order valence-corrected chi connectivity index (χ4v) is 1.61. The summed E-state index contributed by atoms with van der Waals surface area (Å²) in [5.41, 5.74) is 6.19. The monoisotopic (exact) mass is 205 g/mol. The summed E-state index contributed by atoms with van der Waals surface area (Å²) in [6.07, 6.45) is 0.762. The number of carbonyl (C=O) groups is 1. The lowest BCUT2D eigenvalue weighted by molar-refractivity contribution is 0.0776. The molecule has 0 saturated carbocycles. The van der Waals surface area contributed by atoms with Gasteiger partial charge in [-0.2, -0.15) is 0 Å². The van der Waals surface area contributed by atoms with Gasteiger partial charge in [0.1, 0.15) is 0 Å². The zero-order chi connectivity index (χ0) is 11.5. The van der Waals surface area contributed by atoms with E-state index in [0.717, 1.165) is 12.0 Å². The van der Waals surface area contributed by atoms with Crippen molar-refractivity contribution in [3.63, 3.8) is 0 Å². The third-order valence-electron chi connectivity index (χ3n) is 3.29. The smallest absolute Gasteiger partial charge is 0.170 e. The molecule has 2 nitrogen and oxygen atoms in total. The van der Waals surface area contributed by atoms with E-state index in [2.05, 4.69) is 0 Å². The second kappa shape index (κ2) is 4.58. The van der Waals surface area contributed by atoms with Crippen LogP contribution in [0.5, 0.6) is 0 Å². The van der Waals surface area contributed by atoms with Gasteiger partial charge in [0, 0.05) is 17.0 Å². The molecule has 1 aromatic carbocycles. The summed E-state index contributed by atoms with van der Waals surface area (Å²) in [6.45, 7) is 5.83. The summed E-state index contributed by atoms with van der Waals surface area (Å²) in [4.78, 5) is 12.3. The molecule has 0 bridgehead atoms. The van der Waals surface area contributed by atoms with Crippen LogP contribution in [0.4, 0.5) is 0 Å². The molecule has 0 aromatic heterocycles. The van der Waals surface area contributed by atoms with Crippen molar-refractivity contribution in [1.29, 1.82) is 0 Å². The lowest BCUT2D eigenvalue weighted by Crippen LogP contribution is -2.43. The molecule has 15 heavy (non-hydrogen) atoms. The molecule has 0 heterocycles. The largest absolute Gasteiger partial charge is 0.327 e. The first-order valence-electron chi connectivity index (χ1n) is 5.37. The van der Waals surface area contributed by atoms with Crippen LogP contribution in [0, 0.1) is 5.41 Å². The van der Waals surface area contributed by atoms with E-state index in [4.69, 9.17) is 5.73 Å². The minimum absolute atomic E-state index is 0.129. The van der Waals surface area contributed by atoms with E-state index < -0.39 is 5.41 Å². The molecule has 1 rings (SSSR count). The van der Waals surface area contributed by atoms with Gasteiger partial charge in [0.05, 0.1) is 0 Å². The second-order valence-electron chi connectivity index (χ2n) is 4.25. The van der Waals surface area contributed by atoms with Crippen LogP contribution < -0.4 is 5.73 Å². The molecule has 0 spiro atoms. The van der Waals surface area contributed by atoms with Gasteiger partial charge in [-0.05, 0) is 13.3 Å². The molecule has 0 aliphatic carbocycles. The van der Waals surface area contributed by atoms with E-state index in [1.54, 1.807) is 0 Å². The Kier molecular flexibility index (Phi) is 3.64. The van der Waals surface area contributed by atoms with Crippen LogP contribution >= 0.6 is 0 Å². The fourth-order valence-electron chi connectivity index (χ4n) is 1.61. The van der Waals surface area contributed by atoms with Crippen molar-refractivity contribution in [2.45, 2.75) is 33.2 Å². The Hall–Kier alpha value is -1.15. The second-order valence-corrected chi connectivity index (χ2v) is 4.25. The van der Waals surface area contributed by atoms with Gasteiger partial charge in [-0.3, -0.25) is 4.79 Å². The van der Waals surface area contributed by atoms with Crippen LogP contribution in [0.25, 0.3) is 0 Å². The summed E-state index contributed by atoms with van der Waals surface area (Å²) in [5.74, 6) is 0.139. The number of hydrogen-bond acceptors (Lipinski definition) is 2. The first kappa shape index (κ1) is 11.9. The van der Waals surface area contributed by atoms with Crippen LogP contribution in [-0.4, -0.2) is 11.8 Å². The van der Waals surface area contributed by atoms with Crippen molar-refractivity contribution in [3.05, 3.63) is 35.9 Å². The van der Waals surface area contributed by atoms with Gasteiger partial charge in [-0.25, -0.2) is 0 Å². The van der Waals surface area contributed by atoms with Crippen LogP contribution in [-0.2, 0) is 0 Å². The number of Topliss-reactive ketones (excluding diaryl/α,β-unsaturated/α-hetero) is 1. The molecule has 0 aliphatic rings. The minimum atomic E-state index is -0.457. The van der Waals surface area contributed by atoms with Gasteiger partial charge in [0.15, 0.2) is 5.78 Å². The van der Waals surface area contributed by atoms with Crippen LogP contribution in [0.2, 0.25) is 0 Å². The molecule has 0 amide bonds. The summed E-state index contributed by atoms with van der Waals surface area (Å²) >= 11 is 0. The summed E-state index contributed by atoms with van der Waals surface area (Å²) in [6, 6.07) is 9.23.